The fraction of sp³-hybridized carbons (Fsp3) is 0.235. The molecular formula is C17H17NO2. The quantitative estimate of drug-likeness (QED) is 0.815. The fourth-order valence-electron chi connectivity index (χ4n) is 1.93. The maximum Gasteiger partial charge on any atom is 0.244 e. The molecule has 3 nitrogen and oxygen atoms in total. The molecule has 0 aliphatic rings. The van der Waals surface area contributed by atoms with E-state index in [9.17, 15) is 5.11 Å². The maximum absolute atomic E-state index is 9.78. The lowest BCUT2D eigenvalue weighted by Gasteiger charge is -2.09. The lowest BCUT2D eigenvalue weighted by Crippen LogP contribution is -2.03. The van der Waals surface area contributed by atoms with E-state index in [0.717, 1.165) is 17.7 Å². The van der Waals surface area contributed by atoms with Crippen molar-refractivity contribution in [2.45, 2.75) is 12.5 Å². The van der Waals surface area contributed by atoms with Gasteiger partial charge in [0, 0.05) is 6.42 Å². The van der Waals surface area contributed by atoms with Crippen LogP contribution in [-0.4, -0.2) is 18.3 Å². The van der Waals surface area contributed by atoms with E-state index < -0.39 is 6.10 Å². The first kappa shape index (κ1) is 14.1. The molecule has 0 heterocycles. The predicted octanol–water partition coefficient (Wildman–Crippen LogP) is 3.26. The van der Waals surface area contributed by atoms with Gasteiger partial charge in [-0.25, -0.2) is 6.57 Å². The molecule has 2 aromatic rings. The molecule has 0 aliphatic carbocycles. The van der Waals surface area contributed by atoms with Crippen LogP contribution in [0.5, 0.6) is 5.75 Å². The number of nitrogens with zero attached hydrogens (tertiary/aromatic N) is 1. The number of aliphatic hydroxyl groups is 1. The van der Waals surface area contributed by atoms with Crippen molar-refractivity contribution in [3.63, 3.8) is 0 Å². The van der Waals surface area contributed by atoms with Gasteiger partial charge in [-0.15, -0.1) is 0 Å². The highest BCUT2D eigenvalue weighted by molar-refractivity contribution is 5.30. The summed E-state index contributed by atoms with van der Waals surface area (Å²) in [6.07, 6.45) is 0.0977. The van der Waals surface area contributed by atoms with Crippen LogP contribution in [0.2, 0.25) is 0 Å². The first-order chi connectivity index (χ1) is 9.79. The first-order valence-electron chi connectivity index (χ1n) is 6.57. The van der Waals surface area contributed by atoms with Crippen LogP contribution in [0.3, 0.4) is 0 Å². The van der Waals surface area contributed by atoms with E-state index in [0.29, 0.717) is 6.61 Å². The molecule has 3 heteroatoms. The van der Waals surface area contributed by atoms with Crippen LogP contribution in [0.15, 0.2) is 54.6 Å². The summed E-state index contributed by atoms with van der Waals surface area (Å²) in [6.45, 7) is 7.44. The molecule has 0 saturated carbocycles. The molecule has 0 aliphatic heterocycles. The van der Waals surface area contributed by atoms with E-state index in [2.05, 4.69) is 17.0 Å². The monoisotopic (exact) mass is 267 g/mol. The molecule has 102 valence electrons. The summed E-state index contributed by atoms with van der Waals surface area (Å²) < 4.78 is 5.69. The zero-order chi connectivity index (χ0) is 14.2. The molecule has 1 atom stereocenters. The van der Waals surface area contributed by atoms with E-state index in [1.54, 1.807) is 12.1 Å². The standard InChI is InChI=1S/C17H17NO2/c1-18-13-17(19)15-8-5-9-16(12-15)20-11-10-14-6-3-2-4-7-14/h2-9,12,17,19H,10-11,13H2. The van der Waals surface area contributed by atoms with Crippen LogP contribution >= 0.6 is 0 Å². The highest BCUT2D eigenvalue weighted by Crippen LogP contribution is 2.19. The van der Waals surface area contributed by atoms with Crippen molar-refractivity contribution in [2.24, 2.45) is 0 Å². The van der Waals surface area contributed by atoms with Crippen molar-refractivity contribution in [1.82, 2.24) is 0 Å². The van der Waals surface area contributed by atoms with Crippen LogP contribution in [0.1, 0.15) is 17.2 Å². The number of hydrogen-bond acceptors (Lipinski definition) is 2. The van der Waals surface area contributed by atoms with Gasteiger partial charge in [-0.2, -0.15) is 0 Å². The minimum Gasteiger partial charge on any atom is -0.493 e. The van der Waals surface area contributed by atoms with Crippen LogP contribution in [-0.2, 0) is 6.42 Å². The third kappa shape index (κ3) is 4.11. The van der Waals surface area contributed by atoms with Gasteiger partial charge in [0.2, 0.25) is 6.54 Å². The highest BCUT2D eigenvalue weighted by atomic mass is 16.5. The zero-order valence-electron chi connectivity index (χ0n) is 11.2. The Hall–Kier alpha value is -2.31. The lowest BCUT2D eigenvalue weighted by atomic mass is 10.1. The Morgan fingerprint density at radius 2 is 1.90 bits per heavy atom. The Morgan fingerprint density at radius 3 is 2.65 bits per heavy atom. The Labute approximate surface area is 119 Å². The van der Waals surface area contributed by atoms with Crippen molar-refractivity contribution in [2.75, 3.05) is 13.2 Å². The highest BCUT2D eigenvalue weighted by Gasteiger charge is 2.10. The summed E-state index contributed by atoms with van der Waals surface area (Å²) in [5, 5.41) is 9.78. The average molecular weight is 267 g/mol. The van der Waals surface area contributed by atoms with Gasteiger partial charge < -0.3 is 14.7 Å². The molecular weight excluding hydrogens is 250 g/mol. The molecule has 0 fully saturated rings. The third-order valence-corrected chi connectivity index (χ3v) is 3.01. The van der Waals surface area contributed by atoms with Crippen LogP contribution < -0.4 is 4.74 Å². The molecule has 1 unspecified atom stereocenters. The van der Waals surface area contributed by atoms with Crippen molar-refractivity contribution in [3.8, 4) is 5.75 Å². The van der Waals surface area contributed by atoms with Gasteiger partial charge in [0.1, 0.15) is 5.75 Å². The SMILES string of the molecule is [C-]#[N+]CC(O)c1cccc(OCCc2ccccc2)c1. The molecule has 1 N–H and O–H groups in total. The number of aliphatic hydroxyl groups excluding tert-OH is 1. The molecule has 0 saturated heterocycles. The Kier molecular flexibility index (Phi) is 5.16. The number of ether oxygens (including phenoxy) is 1. The Bertz CT molecular complexity index is 575. The summed E-state index contributed by atoms with van der Waals surface area (Å²) in [4.78, 5) is 3.20. The van der Waals surface area contributed by atoms with Gasteiger partial charge in [-0.3, -0.25) is 0 Å². The minimum atomic E-state index is -0.745. The molecule has 0 bridgehead atoms. The number of benzene rings is 2. The van der Waals surface area contributed by atoms with E-state index in [1.165, 1.54) is 5.56 Å². The maximum atomic E-state index is 9.78. The molecule has 0 spiro atoms. The van der Waals surface area contributed by atoms with E-state index in [4.69, 9.17) is 11.3 Å². The first-order valence-corrected chi connectivity index (χ1v) is 6.57. The van der Waals surface area contributed by atoms with Crippen molar-refractivity contribution in [3.05, 3.63) is 77.1 Å². The second-order valence-corrected chi connectivity index (χ2v) is 4.51. The van der Waals surface area contributed by atoms with Gasteiger partial charge in [-0.05, 0) is 23.3 Å². The summed E-state index contributed by atoms with van der Waals surface area (Å²) >= 11 is 0. The fourth-order valence-corrected chi connectivity index (χ4v) is 1.93. The Balaban J connectivity index is 1.90. The van der Waals surface area contributed by atoms with E-state index >= 15 is 0 Å². The normalized spacial score (nSPS) is 11.6. The summed E-state index contributed by atoms with van der Waals surface area (Å²) in [5.41, 5.74) is 1.95. The van der Waals surface area contributed by atoms with E-state index in [1.807, 2.05) is 30.3 Å². The van der Waals surface area contributed by atoms with E-state index in [-0.39, 0.29) is 6.54 Å². The molecule has 20 heavy (non-hydrogen) atoms. The van der Waals surface area contributed by atoms with Gasteiger partial charge in [0.05, 0.1) is 6.61 Å². The lowest BCUT2D eigenvalue weighted by molar-refractivity contribution is 0.194. The summed E-state index contributed by atoms with van der Waals surface area (Å²) in [6, 6.07) is 17.4. The van der Waals surface area contributed by atoms with Gasteiger partial charge in [0.25, 0.3) is 0 Å². The van der Waals surface area contributed by atoms with Crippen molar-refractivity contribution >= 4 is 0 Å². The Morgan fingerprint density at radius 1 is 1.10 bits per heavy atom. The summed E-state index contributed by atoms with van der Waals surface area (Å²) in [5.74, 6) is 0.725. The molecule has 2 rings (SSSR count). The largest absolute Gasteiger partial charge is 0.493 e. The molecule has 0 aromatic heterocycles. The smallest absolute Gasteiger partial charge is 0.244 e. The van der Waals surface area contributed by atoms with Gasteiger partial charge in [-0.1, -0.05) is 42.5 Å². The molecule has 2 aromatic carbocycles. The van der Waals surface area contributed by atoms with Crippen molar-refractivity contribution in [1.29, 1.82) is 0 Å². The number of rotatable bonds is 6. The van der Waals surface area contributed by atoms with Gasteiger partial charge in [0.15, 0.2) is 6.10 Å². The van der Waals surface area contributed by atoms with Crippen molar-refractivity contribution < 1.29 is 9.84 Å². The molecule has 0 amide bonds. The average Bonchev–Trinajstić information content (AvgIpc) is 2.49. The van der Waals surface area contributed by atoms with Crippen LogP contribution in [0.4, 0.5) is 0 Å². The zero-order valence-corrected chi connectivity index (χ0v) is 11.2. The minimum absolute atomic E-state index is 0.0769. The van der Waals surface area contributed by atoms with Crippen LogP contribution in [0.25, 0.3) is 4.85 Å². The van der Waals surface area contributed by atoms with Gasteiger partial charge >= 0.3 is 0 Å². The number of hydrogen-bond donors (Lipinski definition) is 1. The predicted molar refractivity (Wildman–Crippen MR) is 78.5 cm³/mol. The topological polar surface area (TPSA) is 33.8 Å². The summed E-state index contributed by atoms with van der Waals surface area (Å²) in [7, 11) is 0. The molecule has 0 radical (unpaired) electrons. The van der Waals surface area contributed by atoms with Crippen LogP contribution in [0, 0.1) is 6.57 Å². The second kappa shape index (κ2) is 7.32. The third-order valence-electron chi connectivity index (χ3n) is 3.01. The second-order valence-electron chi connectivity index (χ2n) is 4.51.